The van der Waals surface area contributed by atoms with Crippen LogP contribution in [0.5, 0.6) is 5.75 Å². The molecule has 2 rings (SSSR count). The number of carbonyl (C=O) groups excluding carboxylic acids is 2. The summed E-state index contributed by atoms with van der Waals surface area (Å²) in [5, 5.41) is 13.7. The molecule has 0 unspecified atom stereocenters. The van der Waals surface area contributed by atoms with Gasteiger partial charge in [-0.05, 0) is 37.3 Å². The van der Waals surface area contributed by atoms with E-state index in [4.69, 9.17) is 16.3 Å². The molecule has 0 heterocycles. The normalized spacial score (nSPS) is 11.4. The Kier molecular flexibility index (Phi) is 6.30. The Morgan fingerprint density at radius 3 is 2.56 bits per heavy atom. The van der Waals surface area contributed by atoms with Crippen LogP contribution in [0.15, 0.2) is 36.4 Å². The van der Waals surface area contributed by atoms with Gasteiger partial charge in [0.05, 0.1) is 28.3 Å². The molecule has 0 aliphatic rings. The SMILES string of the molecule is COC(=O)c1ccc(O[C@H](C)C(=O)Nc2ccc(F)cc2Cl)c([N+](=O)[O-])c1. The number of hydrogen-bond acceptors (Lipinski definition) is 6. The third kappa shape index (κ3) is 4.91. The smallest absolute Gasteiger partial charge is 0.338 e. The van der Waals surface area contributed by atoms with Crippen molar-refractivity contribution in [2.45, 2.75) is 13.0 Å². The summed E-state index contributed by atoms with van der Waals surface area (Å²) < 4.78 is 22.9. The van der Waals surface area contributed by atoms with Crippen LogP contribution in [-0.4, -0.2) is 30.0 Å². The van der Waals surface area contributed by atoms with Crippen molar-refractivity contribution in [2.24, 2.45) is 0 Å². The van der Waals surface area contributed by atoms with Gasteiger partial charge < -0.3 is 14.8 Å². The Bertz CT molecular complexity index is 905. The predicted octanol–water partition coefficient (Wildman–Crippen LogP) is 3.58. The maximum Gasteiger partial charge on any atom is 0.338 e. The highest BCUT2D eigenvalue weighted by Gasteiger charge is 2.23. The zero-order valence-corrected chi connectivity index (χ0v) is 15.0. The summed E-state index contributed by atoms with van der Waals surface area (Å²) in [4.78, 5) is 34.2. The number of benzene rings is 2. The quantitative estimate of drug-likeness (QED) is 0.454. The molecule has 0 aliphatic carbocycles. The number of methoxy groups -OCH3 is 1. The third-order valence-corrected chi connectivity index (χ3v) is 3.75. The molecule has 0 fully saturated rings. The molecule has 2 aromatic carbocycles. The van der Waals surface area contributed by atoms with Crippen LogP contribution in [0.1, 0.15) is 17.3 Å². The van der Waals surface area contributed by atoms with E-state index in [2.05, 4.69) is 10.1 Å². The van der Waals surface area contributed by atoms with Crippen molar-refractivity contribution in [3.63, 3.8) is 0 Å². The van der Waals surface area contributed by atoms with Crippen LogP contribution in [0.25, 0.3) is 0 Å². The highest BCUT2D eigenvalue weighted by Crippen LogP contribution is 2.29. The van der Waals surface area contributed by atoms with Crippen molar-refractivity contribution in [3.8, 4) is 5.75 Å². The number of nitro benzene ring substituents is 1. The van der Waals surface area contributed by atoms with Gasteiger partial charge >= 0.3 is 11.7 Å². The molecule has 0 aromatic heterocycles. The van der Waals surface area contributed by atoms with Crippen LogP contribution in [0, 0.1) is 15.9 Å². The van der Waals surface area contributed by atoms with E-state index in [-0.39, 0.29) is 22.0 Å². The topological polar surface area (TPSA) is 108 Å². The Morgan fingerprint density at radius 2 is 1.96 bits per heavy atom. The molecule has 0 aliphatic heterocycles. The lowest BCUT2D eigenvalue weighted by molar-refractivity contribution is -0.386. The number of halogens is 2. The van der Waals surface area contributed by atoms with Crippen LogP contribution >= 0.6 is 11.6 Å². The molecule has 1 atom stereocenters. The molecule has 0 bridgehead atoms. The monoisotopic (exact) mass is 396 g/mol. The number of carbonyl (C=O) groups is 2. The van der Waals surface area contributed by atoms with Gasteiger partial charge in [0.25, 0.3) is 5.91 Å². The fourth-order valence-corrected chi connectivity index (χ4v) is 2.29. The van der Waals surface area contributed by atoms with E-state index in [1.165, 1.54) is 25.1 Å². The molecular weight excluding hydrogens is 383 g/mol. The van der Waals surface area contributed by atoms with Crippen molar-refractivity contribution in [2.75, 3.05) is 12.4 Å². The predicted molar refractivity (Wildman–Crippen MR) is 94.6 cm³/mol. The van der Waals surface area contributed by atoms with Gasteiger partial charge in [-0.1, -0.05) is 11.6 Å². The molecule has 27 heavy (non-hydrogen) atoms. The van der Waals surface area contributed by atoms with Crippen LogP contribution in [0.3, 0.4) is 0 Å². The van der Waals surface area contributed by atoms with Gasteiger partial charge in [0, 0.05) is 6.07 Å². The second kappa shape index (κ2) is 8.45. The summed E-state index contributed by atoms with van der Waals surface area (Å²) in [5.41, 5.74) is -0.377. The minimum Gasteiger partial charge on any atom is -0.474 e. The number of amides is 1. The largest absolute Gasteiger partial charge is 0.474 e. The van der Waals surface area contributed by atoms with Crippen molar-refractivity contribution in [1.29, 1.82) is 0 Å². The number of anilines is 1. The minimum atomic E-state index is -1.14. The van der Waals surface area contributed by atoms with E-state index in [0.717, 1.165) is 25.3 Å². The molecule has 0 saturated heterocycles. The van der Waals surface area contributed by atoms with E-state index < -0.39 is 34.4 Å². The molecule has 142 valence electrons. The average Bonchev–Trinajstić information content (AvgIpc) is 2.63. The molecule has 1 amide bonds. The Hall–Kier alpha value is -3.20. The highest BCUT2D eigenvalue weighted by molar-refractivity contribution is 6.33. The number of nitrogens with one attached hydrogen (secondary N) is 1. The Balaban J connectivity index is 2.18. The van der Waals surface area contributed by atoms with Gasteiger partial charge in [-0.3, -0.25) is 14.9 Å². The molecule has 10 heteroatoms. The third-order valence-electron chi connectivity index (χ3n) is 3.44. The van der Waals surface area contributed by atoms with Gasteiger partial charge in [-0.15, -0.1) is 0 Å². The first-order chi connectivity index (χ1) is 12.7. The highest BCUT2D eigenvalue weighted by atomic mass is 35.5. The van der Waals surface area contributed by atoms with Crippen LogP contribution in [-0.2, 0) is 9.53 Å². The maximum atomic E-state index is 13.0. The van der Waals surface area contributed by atoms with Gasteiger partial charge in [0.2, 0.25) is 0 Å². The number of rotatable bonds is 6. The Labute approximate surface area is 158 Å². The summed E-state index contributed by atoms with van der Waals surface area (Å²) >= 11 is 5.84. The first-order valence-corrected chi connectivity index (χ1v) is 7.90. The van der Waals surface area contributed by atoms with Crippen molar-refractivity contribution < 1.29 is 28.4 Å². The summed E-state index contributed by atoms with van der Waals surface area (Å²) in [7, 11) is 1.14. The van der Waals surface area contributed by atoms with Gasteiger partial charge in [-0.2, -0.15) is 0 Å². The molecule has 0 radical (unpaired) electrons. The Morgan fingerprint density at radius 1 is 1.26 bits per heavy atom. The number of hydrogen-bond donors (Lipinski definition) is 1. The van der Waals surface area contributed by atoms with Crippen LogP contribution in [0.2, 0.25) is 5.02 Å². The average molecular weight is 397 g/mol. The maximum absolute atomic E-state index is 13.0. The van der Waals surface area contributed by atoms with Crippen molar-refractivity contribution >= 4 is 34.9 Å². The minimum absolute atomic E-state index is 0.0102. The summed E-state index contributed by atoms with van der Waals surface area (Å²) in [6.45, 7) is 1.37. The van der Waals surface area contributed by atoms with E-state index in [1.54, 1.807) is 0 Å². The first kappa shape index (κ1) is 20.1. The van der Waals surface area contributed by atoms with E-state index in [0.29, 0.717) is 0 Å². The molecule has 8 nitrogen and oxygen atoms in total. The lowest BCUT2D eigenvalue weighted by Gasteiger charge is -2.15. The van der Waals surface area contributed by atoms with Crippen LogP contribution < -0.4 is 10.1 Å². The standard InChI is InChI=1S/C17H14ClFN2O6/c1-9(16(22)20-13-5-4-11(19)8-12(13)18)27-15-6-3-10(17(23)26-2)7-14(15)21(24)25/h3-9H,1-2H3,(H,20,22)/t9-/m1/s1. The number of nitrogens with zero attached hydrogens (tertiary/aromatic N) is 1. The lowest BCUT2D eigenvalue weighted by Crippen LogP contribution is -2.30. The molecule has 0 saturated carbocycles. The van der Waals surface area contributed by atoms with E-state index in [1.807, 2.05) is 0 Å². The molecule has 1 N–H and O–H groups in total. The van der Waals surface area contributed by atoms with Gasteiger partial charge in [0.15, 0.2) is 11.9 Å². The lowest BCUT2D eigenvalue weighted by atomic mass is 10.2. The van der Waals surface area contributed by atoms with E-state index in [9.17, 15) is 24.1 Å². The number of esters is 1. The number of nitro groups is 1. The zero-order valence-electron chi connectivity index (χ0n) is 14.2. The fourth-order valence-electron chi connectivity index (χ4n) is 2.07. The summed E-state index contributed by atoms with van der Waals surface area (Å²) in [6, 6.07) is 6.87. The van der Waals surface area contributed by atoms with Crippen molar-refractivity contribution in [3.05, 3.63) is 62.9 Å². The zero-order chi connectivity index (χ0) is 20.1. The van der Waals surface area contributed by atoms with Gasteiger partial charge in [0.1, 0.15) is 5.82 Å². The fraction of sp³-hybridized carbons (Fsp3) is 0.176. The molecular formula is C17H14ClFN2O6. The second-order valence-corrected chi connectivity index (χ2v) is 5.71. The van der Waals surface area contributed by atoms with Crippen LogP contribution in [0.4, 0.5) is 15.8 Å². The van der Waals surface area contributed by atoms with E-state index >= 15 is 0 Å². The number of ether oxygens (including phenoxy) is 2. The summed E-state index contributed by atoms with van der Waals surface area (Å²) in [5.74, 6) is -2.18. The second-order valence-electron chi connectivity index (χ2n) is 5.30. The molecule has 0 spiro atoms. The first-order valence-electron chi connectivity index (χ1n) is 7.52. The van der Waals surface area contributed by atoms with Gasteiger partial charge in [-0.25, -0.2) is 9.18 Å². The molecule has 2 aromatic rings. The summed E-state index contributed by atoms with van der Waals surface area (Å²) in [6.07, 6.45) is -1.14. The van der Waals surface area contributed by atoms with Crippen molar-refractivity contribution in [1.82, 2.24) is 0 Å².